The van der Waals surface area contributed by atoms with Gasteiger partial charge in [0.2, 0.25) is 0 Å². The van der Waals surface area contributed by atoms with Crippen LogP contribution in [0.2, 0.25) is 0 Å². The van der Waals surface area contributed by atoms with E-state index in [-0.39, 0.29) is 22.5 Å². The highest BCUT2D eigenvalue weighted by Gasteiger charge is 2.34. The smallest absolute Gasteiger partial charge is 0.396 e. The van der Waals surface area contributed by atoms with Crippen LogP contribution in [0.1, 0.15) is 25.0 Å². The van der Waals surface area contributed by atoms with Gasteiger partial charge in [0, 0.05) is 19.4 Å². The highest BCUT2D eigenvalue weighted by Crippen LogP contribution is 2.38. The Balaban J connectivity index is 1.84. The van der Waals surface area contributed by atoms with Crippen molar-refractivity contribution in [3.8, 4) is 34.3 Å². The quantitative estimate of drug-likeness (QED) is 0.301. The van der Waals surface area contributed by atoms with E-state index in [4.69, 9.17) is 5.73 Å². The molecule has 2 heterocycles. The number of pyridine rings is 1. The molecule has 4 aromatic rings. The van der Waals surface area contributed by atoms with Crippen molar-refractivity contribution in [2.75, 3.05) is 5.73 Å². The molecule has 4 rings (SSSR count). The molecule has 0 saturated heterocycles. The number of benzene rings is 2. The van der Waals surface area contributed by atoms with Crippen LogP contribution in [-0.2, 0) is 18.6 Å². The fraction of sp³-hybridized carbons (Fsp3) is 0.192. The number of halogens is 4. The number of imidazole rings is 1. The lowest BCUT2D eigenvalue weighted by molar-refractivity contribution is -0.137. The van der Waals surface area contributed by atoms with Gasteiger partial charge in [-0.15, -0.1) is 0 Å². The molecule has 2 aromatic heterocycles. The van der Waals surface area contributed by atoms with Gasteiger partial charge < -0.3 is 10.3 Å². The van der Waals surface area contributed by atoms with E-state index in [2.05, 4.69) is 11.1 Å². The van der Waals surface area contributed by atoms with Crippen LogP contribution in [0.5, 0.6) is 0 Å². The second kappa shape index (κ2) is 8.68. The summed E-state index contributed by atoms with van der Waals surface area (Å²) in [5.41, 5.74) is 4.16. The molecule has 184 valence electrons. The fourth-order valence-electron chi connectivity index (χ4n) is 3.85. The molecule has 0 radical (unpaired) electrons. The number of aromatic nitrogens is 3. The Hall–Kier alpha value is -4.39. The van der Waals surface area contributed by atoms with E-state index >= 15 is 0 Å². The maximum atomic E-state index is 14.3. The van der Waals surface area contributed by atoms with Crippen LogP contribution in [-0.4, -0.2) is 14.1 Å². The Labute approximate surface area is 203 Å². The van der Waals surface area contributed by atoms with Crippen molar-refractivity contribution in [1.29, 1.82) is 5.26 Å². The maximum Gasteiger partial charge on any atom is 0.418 e. The first-order valence-electron chi connectivity index (χ1n) is 10.8. The van der Waals surface area contributed by atoms with Crippen LogP contribution >= 0.6 is 0 Å². The number of nitrogen functional groups attached to an aromatic ring is 1. The van der Waals surface area contributed by atoms with Crippen molar-refractivity contribution in [3.63, 3.8) is 0 Å². The zero-order chi connectivity index (χ0) is 26.4. The van der Waals surface area contributed by atoms with Crippen molar-refractivity contribution >= 4 is 5.69 Å². The molecule has 10 heteroatoms. The summed E-state index contributed by atoms with van der Waals surface area (Å²) in [5, 5.41) is 9.38. The van der Waals surface area contributed by atoms with E-state index in [9.17, 15) is 27.6 Å². The Morgan fingerprint density at radius 3 is 2.31 bits per heavy atom. The lowest BCUT2D eigenvalue weighted by Crippen LogP contribution is -2.21. The number of rotatable bonds is 4. The van der Waals surface area contributed by atoms with Crippen LogP contribution in [0.3, 0.4) is 0 Å². The molecule has 0 saturated carbocycles. The number of nitrogens with zero attached hydrogens (tertiary/aromatic N) is 4. The predicted octanol–water partition coefficient (Wildman–Crippen LogP) is 5.45. The largest absolute Gasteiger partial charge is 0.418 e. The molecule has 6 nitrogen and oxygen atoms in total. The first-order valence-corrected chi connectivity index (χ1v) is 10.8. The highest BCUT2D eigenvalue weighted by molar-refractivity contribution is 5.72. The molecule has 2 N–H and O–H groups in total. The van der Waals surface area contributed by atoms with Gasteiger partial charge in [-0.2, -0.15) is 18.4 Å². The molecule has 0 aliphatic heterocycles. The number of nitrogens with two attached hydrogens (primary N) is 1. The Kier molecular flexibility index (Phi) is 5.96. The van der Waals surface area contributed by atoms with Crippen molar-refractivity contribution in [2.24, 2.45) is 7.05 Å². The average Bonchev–Trinajstić information content (AvgIpc) is 3.14. The van der Waals surface area contributed by atoms with Crippen LogP contribution < -0.4 is 11.4 Å². The van der Waals surface area contributed by atoms with Crippen LogP contribution in [0, 0.1) is 17.1 Å². The second-order valence-electron chi connectivity index (χ2n) is 8.87. The van der Waals surface area contributed by atoms with Crippen LogP contribution in [0.4, 0.5) is 23.2 Å². The summed E-state index contributed by atoms with van der Waals surface area (Å²) in [6, 6.07) is 13.8. The highest BCUT2D eigenvalue weighted by atomic mass is 19.4. The third kappa shape index (κ3) is 4.35. The fourth-order valence-corrected chi connectivity index (χ4v) is 3.85. The Morgan fingerprint density at radius 2 is 1.69 bits per heavy atom. The molecule has 36 heavy (non-hydrogen) atoms. The minimum atomic E-state index is -4.83. The summed E-state index contributed by atoms with van der Waals surface area (Å²) < 4.78 is 57.1. The number of anilines is 1. The minimum absolute atomic E-state index is 0.0365. The zero-order valence-electron chi connectivity index (χ0n) is 19.6. The molecular weight excluding hydrogens is 474 g/mol. The molecular formula is C26H21F4N5O. The van der Waals surface area contributed by atoms with Crippen molar-refractivity contribution in [2.45, 2.75) is 25.4 Å². The van der Waals surface area contributed by atoms with Crippen molar-refractivity contribution in [3.05, 3.63) is 88.4 Å². The van der Waals surface area contributed by atoms with E-state index in [0.29, 0.717) is 11.4 Å². The van der Waals surface area contributed by atoms with Gasteiger partial charge in [-0.1, -0.05) is 12.1 Å². The van der Waals surface area contributed by atoms with Crippen molar-refractivity contribution < 1.29 is 17.6 Å². The van der Waals surface area contributed by atoms with E-state index in [1.807, 2.05) is 0 Å². The molecule has 2 aromatic carbocycles. The molecule has 0 aliphatic rings. The summed E-state index contributed by atoms with van der Waals surface area (Å²) in [7, 11) is 1.56. The van der Waals surface area contributed by atoms with Crippen molar-refractivity contribution in [1.82, 2.24) is 14.1 Å². The normalized spacial score (nSPS) is 11.9. The van der Waals surface area contributed by atoms with Gasteiger partial charge in [0.15, 0.2) is 0 Å². The number of alkyl halides is 3. The van der Waals surface area contributed by atoms with Gasteiger partial charge in [-0.25, -0.2) is 9.18 Å². The number of aryl methyl sites for hydroxylation is 1. The molecule has 0 atom stereocenters. The number of hydrogen-bond acceptors (Lipinski definition) is 4. The third-order valence-corrected chi connectivity index (χ3v) is 5.97. The van der Waals surface area contributed by atoms with Crippen LogP contribution in [0.25, 0.3) is 28.2 Å². The lowest BCUT2D eigenvalue weighted by Gasteiger charge is -2.16. The van der Waals surface area contributed by atoms with E-state index in [1.165, 1.54) is 27.5 Å². The average molecular weight is 495 g/mol. The van der Waals surface area contributed by atoms with Gasteiger partial charge in [0.05, 0.1) is 39.8 Å². The molecule has 0 aliphatic carbocycles. The molecule has 0 spiro atoms. The lowest BCUT2D eigenvalue weighted by atomic mass is 9.86. The predicted molar refractivity (Wildman–Crippen MR) is 128 cm³/mol. The monoisotopic (exact) mass is 495 g/mol. The minimum Gasteiger partial charge on any atom is -0.396 e. The van der Waals surface area contributed by atoms with Gasteiger partial charge in [0.25, 0.3) is 0 Å². The summed E-state index contributed by atoms with van der Waals surface area (Å²) in [6.07, 6.45) is -1.91. The first-order chi connectivity index (χ1) is 16.8. The van der Waals surface area contributed by atoms with Gasteiger partial charge in [0.1, 0.15) is 5.82 Å². The van der Waals surface area contributed by atoms with Gasteiger partial charge in [-0.3, -0.25) is 9.55 Å². The summed E-state index contributed by atoms with van der Waals surface area (Å²) in [6.45, 7) is 3.56. The first kappa shape index (κ1) is 24.7. The molecule has 0 amide bonds. The summed E-state index contributed by atoms with van der Waals surface area (Å²) >= 11 is 0. The maximum absolute atomic E-state index is 14.3. The summed E-state index contributed by atoms with van der Waals surface area (Å²) in [5.74, 6) is -1.19. The Bertz CT molecular complexity index is 1560. The number of nitriles is 1. The molecule has 0 unspecified atom stereocenters. The van der Waals surface area contributed by atoms with Gasteiger partial charge in [-0.05, 0) is 66.9 Å². The van der Waals surface area contributed by atoms with E-state index in [0.717, 1.165) is 17.7 Å². The standard InChI is InChI=1S/C26H21F4N5O/c1-25(2,14-31)17-4-6-18(7-5-17)35-22(13-34(3)24(35)36)21-12-15(8-9-33-21)16-10-19(26(28,29)30)23(32)20(27)11-16/h4-13H,32H2,1-3H3. The molecule has 0 fully saturated rings. The third-order valence-electron chi connectivity index (χ3n) is 5.97. The van der Waals surface area contributed by atoms with Crippen LogP contribution in [0.15, 0.2) is 65.7 Å². The van der Waals surface area contributed by atoms with E-state index < -0.39 is 28.7 Å². The number of hydrogen-bond donors (Lipinski definition) is 1. The Morgan fingerprint density at radius 1 is 1.03 bits per heavy atom. The molecule has 0 bridgehead atoms. The summed E-state index contributed by atoms with van der Waals surface area (Å²) in [4.78, 5) is 17.3. The van der Waals surface area contributed by atoms with Gasteiger partial charge >= 0.3 is 11.9 Å². The van der Waals surface area contributed by atoms with E-state index in [1.54, 1.807) is 51.4 Å². The topological polar surface area (TPSA) is 89.6 Å². The second-order valence-corrected chi connectivity index (χ2v) is 8.87. The zero-order valence-corrected chi connectivity index (χ0v) is 19.6. The SMILES string of the molecule is Cn1cc(-c2cc(-c3cc(F)c(N)c(C(F)(F)F)c3)ccn2)n(-c2ccc(C(C)(C)C#N)cc2)c1=O.